The number of rotatable bonds is 4. The van der Waals surface area contributed by atoms with Gasteiger partial charge in [-0.05, 0) is 42.5 Å². The lowest BCUT2D eigenvalue weighted by molar-refractivity contribution is 0.102. The van der Waals surface area contributed by atoms with Gasteiger partial charge in [-0.15, -0.1) is 0 Å². The molecule has 0 fully saturated rings. The number of aromatic nitrogens is 1. The van der Waals surface area contributed by atoms with E-state index in [0.29, 0.717) is 27.1 Å². The summed E-state index contributed by atoms with van der Waals surface area (Å²) >= 11 is 12.1. The zero-order valence-corrected chi connectivity index (χ0v) is 14.3. The molecule has 2 N–H and O–H groups in total. The fourth-order valence-corrected chi connectivity index (χ4v) is 2.62. The van der Waals surface area contributed by atoms with Crippen LogP contribution >= 0.6 is 23.2 Å². The zero-order chi connectivity index (χ0) is 17.8. The van der Waals surface area contributed by atoms with Crippen LogP contribution in [0.3, 0.4) is 0 Å². The van der Waals surface area contributed by atoms with E-state index in [2.05, 4.69) is 15.6 Å². The Balaban J connectivity index is 1.72. The van der Waals surface area contributed by atoms with E-state index >= 15 is 0 Å². The van der Waals surface area contributed by atoms with E-state index in [1.807, 2.05) is 0 Å². The van der Waals surface area contributed by atoms with Crippen LogP contribution in [0, 0.1) is 5.82 Å². The Labute approximate surface area is 153 Å². The van der Waals surface area contributed by atoms with E-state index in [4.69, 9.17) is 23.2 Å². The maximum atomic E-state index is 13.2. The summed E-state index contributed by atoms with van der Waals surface area (Å²) in [4.78, 5) is 16.4. The van der Waals surface area contributed by atoms with Gasteiger partial charge in [-0.1, -0.05) is 35.3 Å². The summed E-state index contributed by atoms with van der Waals surface area (Å²) in [6, 6.07) is 14.2. The molecule has 0 aliphatic rings. The highest BCUT2D eigenvalue weighted by Crippen LogP contribution is 2.30. The number of hydrogen-bond acceptors (Lipinski definition) is 3. The molecule has 0 bridgehead atoms. The van der Waals surface area contributed by atoms with E-state index in [0.717, 1.165) is 0 Å². The van der Waals surface area contributed by atoms with Gasteiger partial charge in [0.25, 0.3) is 5.91 Å². The van der Waals surface area contributed by atoms with Gasteiger partial charge in [0.05, 0.1) is 27.6 Å². The highest BCUT2D eigenvalue weighted by molar-refractivity contribution is 6.40. The molecule has 3 aromatic rings. The van der Waals surface area contributed by atoms with Gasteiger partial charge in [-0.3, -0.25) is 4.79 Å². The van der Waals surface area contributed by atoms with Gasteiger partial charge in [-0.25, -0.2) is 9.37 Å². The van der Waals surface area contributed by atoms with Crippen LogP contribution in [-0.4, -0.2) is 10.9 Å². The maximum absolute atomic E-state index is 13.2. The molecule has 7 heteroatoms. The van der Waals surface area contributed by atoms with Gasteiger partial charge in [0.2, 0.25) is 0 Å². The fraction of sp³-hybridized carbons (Fsp3) is 0. The monoisotopic (exact) mass is 375 g/mol. The minimum atomic E-state index is -0.438. The van der Waals surface area contributed by atoms with E-state index in [1.54, 1.807) is 42.5 Å². The van der Waals surface area contributed by atoms with Crippen LogP contribution in [0.1, 0.15) is 10.5 Å². The summed E-state index contributed by atoms with van der Waals surface area (Å²) < 4.78 is 13.2. The van der Waals surface area contributed by atoms with Crippen molar-refractivity contribution in [2.24, 2.45) is 0 Å². The van der Waals surface area contributed by atoms with Gasteiger partial charge in [0.1, 0.15) is 11.5 Å². The molecule has 1 heterocycles. The molecule has 0 atom stereocenters. The van der Waals surface area contributed by atoms with Crippen LogP contribution in [0.2, 0.25) is 10.0 Å². The number of carbonyl (C=O) groups excluding carboxylic acids is 1. The molecule has 0 spiro atoms. The standard InChI is InChI=1S/C18H12Cl2FN3O/c19-14-5-2-6-15(20)17(14)24-18(25)16-8-7-13(10-22-16)23-12-4-1-3-11(21)9-12/h1-10,23H,(H,24,25). The molecule has 0 aliphatic carbocycles. The van der Waals surface area contributed by atoms with E-state index < -0.39 is 5.91 Å². The van der Waals surface area contributed by atoms with Crippen molar-refractivity contribution in [1.82, 2.24) is 4.98 Å². The average Bonchev–Trinajstić information content (AvgIpc) is 2.59. The van der Waals surface area contributed by atoms with Crippen molar-refractivity contribution < 1.29 is 9.18 Å². The Morgan fingerprint density at radius 1 is 0.960 bits per heavy atom. The van der Waals surface area contributed by atoms with Crippen LogP contribution in [0.4, 0.5) is 21.5 Å². The number of nitrogens with one attached hydrogen (secondary N) is 2. The van der Waals surface area contributed by atoms with Crippen LogP contribution in [0.25, 0.3) is 0 Å². The molecule has 0 unspecified atom stereocenters. The number of amides is 1. The van der Waals surface area contributed by atoms with Gasteiger partial charge in [0, 0.05) is 5.69 Å². The van der Waals surface area contributed by atoms with Gasteiger partial charge in [0.15, 0.2) is 0 Å². The summed E-state index contributed by atoms with van der Waals surface area (Å²) in [7, 11) is 0. The van der Waals surface area contributed by atoms with Crippen molar-refractivity contribution in [3.63, 3.8) is 0 Å². The molecule has 1 amide bonds. The second-order valence-electron chi connectivity index (χ2n) is 5.12. The number of anilines is 3. The minimum Gasteiger partial charge on any atom is -0.354 e. The molecule has 3 rings (SSSR count). The molecule has 4 nitrogen and oxygen atoms in total. The van der Waals surface area contributed by atoms with Crippen LogP contribution in [0.15, 0.2) is 60.8 Å². The fourth-order valence-electron chi connectivity index (χ4n) is 2.13. The summed E-state index contributed by atoms with van der Waals surface area (Å²) in [6.45, 7) is 0. The van der Waals surface area contributed by atoms with Gasteiger partial charge >= 0.3 is 0 Å². The van der Waals surface area contributed by atoms with Crippen LogP contribution in [0.5, 0.6) is 0 Å². The zero-order valence-electron chi connectivity index (χ0n) is 12.8. The highest BCUT2D eigenvalue weighted by atomic mass is 35.5. The largest absolute Gasteiger partial charge is 0.354 e. The average molecular weight is 376 g/mol. The van der Waals surface area contributed by atoms with E-state index in [9.17, 15) is 9.18 Å². The predicted octanol–water partition coefficient (Wildman–Crippen LogP) is 5.52. The van der Waals surface area contributed by atoms with Crippen LogP contribution in [-0.2, 0) is 0 Å². The van der Waals surface area contributed by atoms with Crippen molar-refractivity contribution in [3.05, 3.63) is 82.4 Å². The van der Waals surface area contributed by atoms with Crippen molar-refractivity contribution in [1.29, 1.82) is 0 Å². The third-order valence-corrected chi connectivity index (χ3v) is 3.94. The SMILES string of the molecule is O=C(Nc1c(Cl)cccc1Cl)c1ccc(Nc2cccc(F)c2)cn1. The minimum absolute atomic E-state index is 0.195. The first kappa shape index (κ1) is 17.2. The number of nitrogens with zero attached hydrogens (tertiary/aromatic N) is 1. The Morgan fingerprint density at radius 2 is 1.68 bits per heavy atom. The molecule has 0 saturated heterocycles. The lowest BCUT2D eigenvalue weighted by Gasteiger charge is -2.10. The molecule has 0 aliphatic heterocycles. The number of para-hydroxylation sites is 1. The first-order chi connectivity index (χ1) is 12.0. The Morgan fingerprint density at radius 3 is 2.32 bits per heavy atom. The second-order valence-corrected chi connectivity index (χ2v) is 5.93. The number of carbonyl (C=O) groups is 1. The van der Waals surface area contributed by atoms with Gasteiger partial charge in [-0.2, -0.15) is 0 Å². The normalized spacial score (nSPS) is 10.4. The van der Waals surface area contributed by atoms with E-state index in [-0.39, 0.29) is 11.5 Å². The van der Waals surface area contributed by atoms with Crippen molar-refractivity contribution in [2.45, 2.75) is 0 Å². The van der Waals surface area contributed by atoms with Gasteiger partial charge < -0.3 is 10.6 Å². The Hall–Kier alpha value is -2.63. The third kappa shape index (κ3) is 4.26. The highest BCUT2D eigenvalue weighted by Gasteiger charge is 2.12. The molecule has 25 heavy (non-hydrogen) atoms. The third-order valence-electron chi connectivity index (χ3n) is 3.31. The number of benzene rings is 2. The van der Waals surface area contributed by atoms with E-state index in [1.165, 1.54) is 18.3 Å². The molecule has 2 aromatic carbocycles. The second kappa shape index (κ2) is 7.51. The quantitative estimate of drug-likeness (QED) is 0.630. The number of halogens is 3. The molecular formula is C18H12Cl2FN3O. The van der Waals surface area contributed by atoms with Crippen molar-refractivity contribution in [3.8, 4) is 0 Å². The van der Waals surface area contributed by atoms with Crippen molar-refractivity contribution >= 4 is 46.2 Å². The van der Waals surface area contributed by atoms with Crippen molar-refractivity contribution in [2.75, 3.05) is 10.6 Å². The summed E-state index contributed by atoms with van der Waals surface area (Å²) in [5, 5.41) is 6.31. The number of pyridine rings is 1. The first-order valence-electron chi connectivity index (χ1n) is 7.27. The molecule has 0 saturated carbocycles. The molecule has 0 radical (unpaired) electrons. The molecular weight excluding hydrogens is 364 g/mol. The number of hydrogen-bond donors (Lipinski definition) is 2. The molecule has 126 valence electrons. The summed E-state index contributed by atoms with van der Waals surface area (Å²) in [6.07, 6.45) is 1.48. The smallest absolute Gasteiger partial charge is 0.274 e. The summed E-state index contributed by atoms with van der Waals surface area (Å²) in [5.41, 5.74) is 1.74. The topological polar surface area (TPSA) is 54.0 Å². The lowest BCUT2D eigenvalue weighted by atomic mass is 10.2. The predicted molar refractivity (Wildman–Crippen MR) is 98.3 cm³/mol. The first-order valence-corrected chi connectivity index (χ1v) is 8.02. The molecule has 1 aromatic heterocycles. The Kier molecular flexibility index (Phi) is 5.16. The summed E-state index contributed by atoms with van der Waals surface area (Å²) in [5.74, 6) is -0.780. The maximum Gasteiger partial charge on any atom is 0.274 e. The lowest BCUT2D eigenvalue weighted by Crippen LogP contribution is -2.14. The van der Waals surface area contributed by atoms with Crippen LogP contribution < -0.4 is 10.6 Å². The Bertz CT molecular complexity index is 896.